The van der Waals surface area contributed by atoms with Crippen molar-refractivity contribution in [1.82, 2.24) is 0 Å². The van der Waals surface area contributed by atoms with Crippen molar-refractivity contribution < 1.29 is 105 Å². The van der Waals surface area contributed by atoms with E-state index in [0.717, 1.165) is 32.1 Å². The Morgan fingerprint density at radius 1 is 0.920 bits per heavy atom. The van der Waals surface area contributed by atoms with Crippen molar-refractivity contribution in [1.29, 1.82) is 0 Å². The molecule has 0 aromatic heterocycles. The van der Waals surface area contributed by atoms with Crippen LogP contribution in [-0.4, -0.2) is 113 Å². The molecular weight excluding hydrogens is 703 g/mol. The van der Waals surface area contributed by atoms with Gasteiger partial charge in [-0.05, 0) is 124 Å². The molecule has 14 heteroatoms. The average molecular weight is 766 g/mol. The van der Waals surface area contributed by atoms with Crippen molar-refractivity contribution in [3.8, 4) is 0 Å². The van der Waals surface area contributed by atoms with Gasteiger partial charge in [0, 0.05) is 0 Å². The van der Waals surface area contributed by atoms with E-state index in [-0.39, 0.29) is 114 Å². The minimum absolute atomic E-state index is 0. The van der Waals surface area contributed by atoms with Crippen molar-refractivity contribution in [3.63, 3.8) is 0 Å². The molecular formula is C36H63KMgO11P+3. The molecule has 1 saturated heterocycles. The van der Waals surface area contributed by atoms with Crippen LogP contribution in [0.1, 0.15) is 113 Å². The van der Waals surface area contributed by atoms with Crippen molar-refractivity contribution in [2.75, 3.05) is 6.61 Å². The van der Waals surface area contributed by atoms with Gasteiger partial charge in [-0.2, -0.15) is 0 Å². The first-order valence-electron chi connectivity index (χ1n) is 18.1. The Hall–Kier alpha value is 1.97. The molecule has 5 fully saturated rings. The molecule has 5 rings (SSSR count). The maximum absolute atomic E-state index is 12.3. The second-order valence-electron chi connectivity index (χ2n) is 17.9. The molecule has 4 aliphatic carbocycles. The molecule has 0 bridgehead atoms. The quantitative estimate of drug-likeness (QED) is 0.101. The number of hydrogen-bond donors (Lipinski definition) is 7. The molecule has 0 aromatic carbocycles. The van der Waals surface area contributed by atoms with Gasteiger partial charge in [-0.1, -0.05) is 46.3 Å². The van der Waals surface area contributed by atoms with E-state index in [1.165, 1.54) is 5.57 Å². The van der Waals surface area contributed by atoms with Crippen LogP contribution in [0, 0.1) is 45.3 Å². The molecule has 5 aliphatic rings. The first-order chi connectivity index (χ1) is 22.1. The Morgan fingerprint density at radius 3 is 2.12 bits per heavy atom. The van der Waals surface area contributed by atoms with Gasteiger partial charge in [-0.15, -0.1) is 0 Å². The number of aliphatic hydroxyl groups excluding tert-OH is 5. The molecule has 0 radical (unpaired) electrons. The minimum Gasteiger partial charge on any atom is -0.394 e. The number of phosphoric acid groups is 1. The van der Waals surface area contributed by atoms with Gasteiger partial charge in [0.05, 0.1) is 24.4 Å². The number of allylic oxidation sites excluding steroid dienone is 2. The van der Waals surface area contributed by atoms with Crippen LogP contribution in [0.25, 0.3) is 0 Å². The summed E-state index contributed by atoms with van der Waals surface area (Å²) in [6.45, 7) is 16.8. The van der Waals surface area contributed by atoms with Crippen molar-refractivity contribution in [3.05, 3.63) is 11.6 Å². The van der Waals surface area contributed by atoms with Gasteiger partial charge in [-0.25, -0.2) is 4.57 Å². The predicted molar refractivity (Wildman–Crippen MR) is 185 cm³/mol. The van der Waals surface area contributed by atoms with E-state index in [4.69, 9.17) is 14.0 Å². The fourth-order valence-electron chi connectivity index (χ4n) is 12.2. The summed E-state index contributed by atoms with van der Waals surface area (Å²) in [5, 5.41) is 54.1. The Labute approximate surface area is 357 Å². The topological polar surface area (TPSA) is 186 Å². The van der Waals surface area contributed by atoms with Crippen molar-refractivity contribution in [2.24, 2.45) is 45.3 Å². The number of aliphatic hydroxyl groups is 5. The molecule has 0 spiro atoms. The number of ether oxygens (including phenoxy) is 2. The van der Waals surface area contributed by atoms with Crippen LogP contribution < -0.4 is 51.4 Å². The summed E-state index contributed by atoms with van der Waals surface area (Å²) in [4.78, 5) is 19.4. The predicted octanol–water partition coefficient (Wildman–Crippen LogP) is 1.07. The van der Waals surface area contributed by atoms with Gasteiger partial charge in [0.25, 0.3) is 0 Å². The van der Waals surface area contributed by atoms with Crippen LogP contribution in [0.2, 0.25) is 0 Å². The van der Waals surface area contributed by atoms with E-state index >= 15 is 0 Å². The zero-order valence-corrected chi connectivity index (χ0v) is 37.3. The molecule has 1 heterocycles. The van der Waals surface area contributed by atoms with Crippen LogP contribution in [-0.2, 0) is 18.6 Å². The van der Waals surface area contributed by atoms with Crippen molar-refractivity contribution >= 4 is 30.9 Å². The van der Waals surface area contributed by atoms with E-state index in [1.807, 2.05) is 20.8 Å². The second-order valence-corrected chi connectivity index (χ2v) is 19.0. The first-order valence-corrected chi connectivity index (χ1v) is 19.6. The molecule has 0 amide bonds. The standard InChI is InChI=1S/C36H63O11P.K.Mg/c1-20(2)10-9-14-36(8,46-31-30(41)29(40)28(39)23(19-37)45-31)21-11-16-35(7)27(21)22(38)18-25-33(5)15-13-26(47-48(42,43)44)32(3,4)24(33)12-17-34(25,35)6;;/h10,21-31,37-41H,9,11-19H2,1-8H3,(H2,42,43,44);;/q;+1;+2/t21?,22-,23-,24?,25?,26+,27?,28-,29+,30-,31+,33+,34-,35-,36+;;/m1../s1. The molecule has 11 nitrogen and oxygen atoms in total. The van der Waals surface area contributed by atoms with E-state index in [1.54, 1.807) is 0 Å². The largest absolute Gasteiger partial charge is 2.00 e. The fraction of sp³-hybridized carbons (Fsp3) is 0.944. The zero-order chi connectivity index (χ0) is 35.8. The first kappa shape index (κ1) is 46.4. The summed E-state index contributed by atoms with van der Waals surface area (Å²) < 4.78 is 29.9. The van der Waals surface area contributed by atoms with Crippen LogP contribution in [0.15, 0.2) is 11.6 Å². The van der Waals surface area contributed by atoms with Crippen LogP contribution in [0.4, 0.5) is 0 Å². The molecule has 1 aliphatic heterocycles. The van der Waals surface area contributed by atoms with Gasteiger partial charge in [0.1, 0.15) is 24.4 Å². The Balaban J connectivity index is 0.00000338. The van der Waals surface area contributed by atoms with Crippen LogP contribution >= 0.6 is 7.82 Å². The summed E-state index contributed by atoms with van der Waals surface area (Å²) in [6, 6.07) is 0. The van der Waals surface area contributed by atoms with Gasteiger partial charge in [0.15, 0.2) is 6.29 Å². The number of phosphoric ester groups is 1. The van der Waals surface area contributed by atoms with E-state index in [2.05, 4.69) is 40.7 Å². The van der Waals surface area contributed by atoms with Gasteiger partial charge < -0.3 is 44.8 Å². The third-order valence-electron chi connectivity index (χ3n) is 14.8. The molecule has 50 heavy (non-hydrogen) atoms. The SMILES string of the molecule is CC(C)=CCC[C@](C)(O[C@@H]1O[C@H](CO)[C@@H](O)[C@H](O)[C@H]1O)C1CC[C@]2(C)C1[C@H](O)CC1[C@@]3(C)CC[C@H](OP(=O)(O)O)C(C)(C)C3CC[C@]12C.[K+].[Mg+2]. The smallest absolute Gasteiger partial charge is 0.394 e. The summed E-state index contributed by atoms with van der Waals surface area (Å²) in [5.41, 5.74) is -0.672. The molecule has 4 saturated carbocycles. The Morgan fingerprint density at radius 2 is 1.54 bits per heavy atom. The van der Waals surface area contributed by atoms with Crippen LogP contribution in [0.3, 0.4) is 0 Å². The second kappa shape index (κ2) is 16.4. The van der Waals surface area contributed by atoms with E-state index in [9.17, 15) is 39.9 Å². The molecule has 4 unspecified atom stereocenters. The molecule has 7 N–H and O–H groups in total. The normalized spacial score (nSPS) is 46.6. The van der Waals surface area contributed by atoms with Crippen molar-refractivity contribution in [2.45, 2.75) is 162 Å². The average Bonchev–Trinajstić information content (AvgIpc) is 3.36. The zero-order valence-electron chi connectivity index (χ0n) is 31.9. The monoisotopic (exact) mass is 765 g/mol. The summed E-state index contributed by atoms with van der Waals surface area (Å²) in [5.74, 6) is 0.157. The minimum atomic E-state index is -4.65. The summed E-state index contributed by atoms with van der Waals surface area (Å²) >= 11 is 0. The summed E-state index contributed by atoms with van der Waals surface area (Å²) in [7, 11) is -4.65. The molecule has 278 valence electrons. The third-order valence-corrected chi connectivity index (χ3v) is 15.3. The van der Waals surface area contributed by atoms with Gasteiger partial charge in [-0.3, -0.25) is 4.52 Å². The number of hydrogen-bond acceptors (Lipinski definition) is 9. The van der Waals surface area contributed by atoms with Crippen LogP contribution in [0.5, 0.6) is 0 Å². The van der Waals surface area contributed by atoms with Gasteiger partial charge in [0.2, 0.25) is 0 Å². The fourth-order valence-corrected chi connectivity index (χ4v) is 12.9. The maximum atomic E-state index is 12.3. The van der Waals surface area contributed by atoms with E-state index in [0.29, 0.717) is 25.7 Å². The third kappa shape index (κ3) is 8.06. The summed E-state index contributed by atoms with van der Waals surface area (Å²) in [6.07, 6.45) is 0.842. The molecule has 0 aromatic rings. The Bertz CT molecular complexity index is 1260. The Kier molecular flexibility index (Phi) is 15.2. The number of fused-ring (bicyclic) bond motifs is 5. The number of rotatable bonds is 9. The maximum Gasteiger partial charge on any atom is 2.00 e. The van der Waals surface area contributed by atoms with Gasteiger partial charge >= 0.3 is 82.3 Å². The molecule has 15 atom stereocenters. The van der Waals surface area contributed by atoms with E-state index < -0.39 is 68.4 Å².